The monoisotopic (exact) mass is 507 g/mol. The van der Waals surface area contributed by atoms with Gasteiger partial charge in [0.25, 0.3) is 0 Å². The second kappa shape index (κ2) is 9.29. The van der Waals surface area contributed by atoms with E-state index in [-0.39, 0.29) is 17.9 Å². The van der Waals surface area contributed by atoms with Crippen molar-refractivity contribution < 1.29 is 4.79 Å². The van der Waals surface area contributed by atoms with Gasteiger partial charge in [-0.25, -0.2) is 9.97 Å². The van der Waals surface area contributed by atoms with E-state index >= 15 is 0 Å². The molecule has 3 aliphatic heterocycles. The fourth-order valence-corrected chi connectivity index (χ4v) is 5.65. The first kappa shape index (κ1) is 22.6. The van der Waals surface area contributed by atoms with Gasteiger partial charge in [0, 0.05) is 43.0 Å². The second-order valence-corrected chi connectivity index (χ2v) is 10.5. The summed E-state index contributed by atoms with van der Waals surface area (Å²) in [6.07, 6.45) is 7.56. The maximum absolute atomic E-state index is 12.3. The zero-order valence-corrected chi connectivity index (χ0v) is 20.9. The molecule has 3 aromatic rings. The van der Waals surface area contributed by atoms with Crippen LogP contribution in [0.25, 0.3) is 11.0 Å². The average Bonchev–Trinajstić information content (AvgIpc) is 2.94. The lowest BCUT2D eigenvalue weighted by Gasteiger charge is -2.41. The maximum Gasteiger partial charge on any atom is 0.226 e. The quantitative estimate of drug-likeness (QED) is 0.440. The lowest BCUT2D eigenvalue weighted by atomic mass is 10.0. The van der Waals surface area contributed by atoms with Crippen LogP contribution in [0.15, 0.2) is 45.4 Å². The number of nitrogens with zero attached hydrogens (tertiary/aromatic N) is 4. The molecule has 0 bridgehead atoms. The fraction of sp³-hybridized carbons (Fsp3) is 0.360. The number of carbonyl (C=O) groups is 1. The molecule has 0 atom stereocenters. The van der Waals surface area contributed by atoms with Crippen LogP contribution in [0.4, 0.5) is 11.5 Å². The first-order valence-electron chi connectivity index (χ1n) is 11.9. The van der Waals surface area contributed by atoms with Crippen molar-refractivity contribution in [2.24, 2.45) is 10.9 Å². The smallest absolute Gasteiger partial charge is 0.226 e. The lowest BCUT2D eigenvalue weighted by Crippen LogP contribution is -2.62. The van der Waals surface area contributed by atoms with Crippen LogP contribution in [0, 0.1) is 5.92 Å². The van der Waals surface area contributed by atoms with Crippen molar-refractivity contribution in [1.29, 1.82) is 0 Å². The van der Waals surface area contributed by atoms with Crippen LogP contribution in [-0.2, 0) is 17.6 Å². The number of rotatable bonds is 6. The van der Waals surface area contributed by atoms with Crippen LogP contribution in [0.3, 0.4) is 0 Å². The topological polar surface area (TPSA) is 98.3 Å². The third-order valence-electron chi connectivity index (χ3n) is 6.70. The summed E-state index contributed by atoms with van der Waals surface area (Å²) in [5.74, 6) is 1.03. The third-order valence-corrected chi connectivity index (χ3v) is 7.97. The number of carbonyl (C=O) groups excluding carboxylic acids is 1. The molecule has 2 fully saturated rings. The van der Waals surface area contributed by atoms with Gasteiger partial charge < -0.3 is 20.5 Å². The normalized spacial score (nSPS) is 17.7. The number of H-pyrrole nitrogens is 1. The van der Waals surface area contributed by atoms with Crippen LogP contribution in [0.5, 0.6) is 0 Å². The lowest BCUT2D eigenvalue weighted by molar-refractivity contribution is -0.127. The van der Waals surface area contributed by atoms with Gasteiger partial charge in [-0.3, -0.25) is 9.79 Å². The summed E-state index contributed by atoms with van der Waals surface area (Å²) in [5.41, 5.74) is 3.87. The molecular formula is C25H26ClN7OS. The van der Waals surface area contributed by atoms with E-state index in [2.05, 4.69) is 56.7 Å². The van der Waals surface area contributed by atoms with E-state index in [1.165, 1.54) is 17.3 Å². The zero-order chi connectivity index (χ0) is 23.9. The van der Waals surface area contributed by atoms with E-state index in [4.69, 9.17) is 21.6 Å². The Labute approximate surface area is 212 Å². The van der Waals surface area contributed by atoms with E-state index in [9.17, 15) is 4.79 Å². The van der Waals surface area contributed by atoms with E-state index in [0.717, 1.165) is 59.1 Å². The Balaban J connectivity index is 1.27. The standard InChI is InChI=1S/C25H26ClN7OS/c1-2-18-21(26)20-22(30-18)31-25(35-17-7-6-14-5-3-4-8-28-19(14)9-17)32-23(20)33-12-16(13-33)29-24(34)15-10-27-11-15/h3-4,6-9,15-16,27H,2,5,10-13H2,1H3,(H,29,34)(H,30,31,32). The average molecular weight is 508 g/mol. The molecule has 3 N–H and O–H groups in total. The predicted molar refractivity (Wildman–Crippen MR) is 140 cm³/mol. The molecule has 1 amide bonds. The van der Waals surface area contributed by atoms with Crippen molar-refractivity contribution in [2.45, 2.75) is 35.9 Å². The molecule has 0 unspecified atom stereocenters. The highest BCUT2D eigenvalue weighted by atomic mass is 35.5. The number of anilines is 1. The molecule has 6 rings (SSSR count). The summed E-state index contributed by atoms with van der Waals surface area (Å²) in [4.78, 5) is 33.2. The minimum absolute atomic E-state index is 0.0880. The van der Waals surface area contributed by atoms with Gasteiger partial charge in [0.1, 0.15) is 11.5 Å². The molecule has 10 heteroatoms. The number of hydrogen-bond donors (Lipinski definition) is 3. The zero-order valence-electron chi connectivity index (χ0n) is 19.3. The summed E-state index contributed by atoms with van der Waals surface area (Å²) in [7, 11) is 0. The van der Waals surface area contributed by atoms with E-state index in [0.29, 0.717) is 23.3 Å². The van der Waals surface area contributed by atoms with E-state index < -0.39 is 0 Å². The molecule has 5 heterocycles. The first-order chi connectivity index (χ1) is 17.1. The predicted octanol–water partition coefficient (Wildman–Crippen LogP) is 3.66. The van der Waals surface area contributed by atoms with Gasteiger partial charge in [-0.2, -0.15) is 0 Å². The molecule has 0 aliphatic carbocycles. The summed E-state index contributed by atoms with van der Waals surface area (Å²) < 4.78 is 0. The Morgan fingerprint density at radius 3 is 2.91 bits per heavy atom. The number of benzene rings is 1. The Kier molecular flexibility index (Phi) is 5.99. The molecule has 8 nitrogen and oxygen atoms in total. The number of halogens is 1. The van der Waals surface area contributed by atoms with Crippen LogP contribution in [0.1, 0.15) is 18.2 Å². The number of hydrogen-bond acceptors (Lipinski definition) is 7. The van der Waals surface area contributed by atoms with Crippen LogP contribution in [0.2, 0.25) is 5.02 Å². The molecule has 180 valence electrons. The Morgan fingerprint density at radius 2 is 2.14 bits per heavy atom. The van der Waals surface area contributed by atoms with Crippen molar-refractivity contribution in [2.75, 3.05) is 31.1 Å². The number of aryl methyl sites for hydroxylation is 1. The second-order valence-electron chi connectivity index (χ2n) is 9.09. The Bertz CT molecular complexity index is 1360. The van der Waals surface area contributed by atoms with Gasteiger partial charge in [0.2, 0.25) is 5.91 Å². The number of fused-ring (bicyclic) bond motifs is 2. The number of aliphatic imine (C=N–C) groups is 1. The van der Waals surface area contributed by atoms with Gasteiger partial charge in [-0.15, -0.1) is 0 Å². The van der Waals surface area contributed by atoms with Crippen molar-refractivity contribution in [3.05, 3.63) is 46.6 Å². The summed E-state index contributed by atoms with van der Waals surface area (Å²) in [6.45, 7) is 4.99. The minimum atomic E-state index is 0.0880. The number of amides is 1. The number of allylic oxidation sites excluding steroid dienone is 2. The summed E-state index contributed by atoms with van der Waals surface area (Å²) in [6, 6.07) is 6.41. The number of aromatic nitrogens is 3. The van der Waals surface area contributed by atoms with Crippen LogP contribution in [-0.4, -0.2) is 59.3 Å². The van der Waals surface area contributed by atoms with Gasteiger partial charge >= 0.3 is 0 Å². The molecule has 0 spiro atoms. The SMILES string of the molecule is CCc1[nH]c2nc(Sc3ccc4c(c3)N=CC=CC4)nc(N3CC(NC(=O)C4CNC4)C3)c2c1Cl. The molecule has 2 saturated heterocycles. The molecule has 1 aromatic carbocycles. The maximum atomic E-state index is 12.3. The minimum Gasteiger partial charge on any atom is -0.352 e. The Hall–Kier alpha value is -2.88. The van der Waals surface area contributed by atoms with E-state index in [1.807, 2.05) is 12.3 Å². The molecule has 0 saturated carbocycles. The van der Waals surface area contributed by atoms with Crippen LogP contribution < -0.4 is 15.5 Å². The van der Waals surface area contributed by atoms with Gasteiger partial charge in [0.15, 0.2) is 5.16 Å². The highest BCUT2D eigenvalue weighted by molar-refractivity contribution is 7.99. The molecule has 2 aromatic heterocycles. The van der Waals surface area contributed by atoms with Gasteiger partial charge in [-0.05, 0) is 48.4 Å². The largest absolute Gasteiger partial charge is 0.352 e. The molecule has 0 radical (unpaired) electrons. The van der Waals surface area contributed by atoms with Crippen molar-refractivity contribution in [1.82, 2.24) is 25.6 Å². The molecule has 3 aliphatic rings. The van der Waals surface area contributed by atoms with E-state index in [1.54, 1.807) is 0 Å². The van der Waals surface area contributed by atoms with Gasteiger partial charge in [0.05, 0.1) is 28.1 Å². The highest BCUT2D eigenvalue weighted by Gasteiger charge is 2.34. The highest BCUT2D eigenvalue weighted by Crippen LogP contribution is 2.39. The summed E-state index contributed by atoms with van der Waals surface area (Å²) in [5, 5.41) is 8.47. The number of aromatic amines is 1. The molecular weight excluding hydrogens is 482 g/mol. The van der Waals surface area contributed by atoms with Crippen molar-refractivity contribution in [3.8, 4) is 0 Å². The van der Waals surface area contributed by atoms with Crippen LogP contribution >= 0.6 is 23.4 Å². The van der Waals surface area contributed by atoms with Crippen molar-refractivity contribution >= 4 is 58.0 Å². The number of nitrogens with one attached hydrogen (secondary N) is 3. The third kappa shape index (κ3) is 4.32. The molecule has 35 heavy (non-hydrogen) atoms. The van der Waals surface area contributed by atoms with Gasteiger partial charge in [-0.1, -0.05) is 30.7 Å². The summed E-state index contributed by atoms with van der Waals surface area (Å²) >= 11 is 8.25. The first-order valence-corrected chi connectivity index (χ1v) is 13.1. The fourth-order valence-electron chi connectivity index (χ4n) is 4.51. The van der Waals surface area contributed by atoms with Crippen molar-refractivity contribution in [3.63, 3.8) is 0 Å². The Morgan fingerprint density at radius 1 is 1.29 bits per heavy atom.